The Bertz CT molecular complexity index is 496. The van der Waals surface area contributed by atoms with Crippen LogP contribution < -0.4 is 10.1 Å². The minimum Gasteiger partial charge on any atom is -0.497 e. The molecule has 0 aromatic heterocycles. The molecule has 0 heterocycles. The normalized spacial score (nSPS) is 11.4. The summed E-state index contributed by atoms with van der Waals surface area (Å²) in [6, 6.07) is 5.26. The van der Waals surface area contributed by atoms with Gasteiger partial charge in [0.15, 0.2) is 0 Å². The number of carbonyl (C=O) groups is 3. The first-order valence-corrected chi connectivity index (χ1v) is 5.79. The molecule has 3 N–H and O–H groups in total. The molecule has 0 spiro atoms. The highest BCUT2D eigenvalue weighted by Crippen LogP contribution is 2.11. The molecule has 108 valence electrons. The van der Waals surface area contributed by atoms with E-state index in [1.54, 1.807) is 24.3 Å². The van der Waals surface area contributed by atoms with E-state index in [1.165, 1.54) is 7.11 Å². The number of methoxy groups -OCH3 is 1. The Morgan fingerprint density at radius 3 is 2.25 bits per heavy atom. The fourth-order valence-electron chi connectivity index (χ4n) is 1.55. The van der Waals surface area contributed by atoms with Crippen molar-refractivity contribution < 1.29 is 29.3 Å². The molecular weight excluding hydrogens is 266 g/mol. The highest BCUT2D eigenvalue weighted by molar-refractivity contribution is 5.87. The number of ether oxygens (including phenoxy) is 1. The Hall–Kier alpha value is -2.57. The Labute approximate surface area is 115 Å². The topological polar surface area (TPSA) is 113 Å². The van der Waals surface area contributed by atoms with Crippen LogP contribution in [0.5, 0.6) is 5.75 Å². The lowest BCUT2D eigenvalue weighted by Gasteiger charge is -2.12. The van der Waals surface area contributed by atoms with E-state index >= 15 is 0 Å². The van der Waals surface area contributed by atoms with Crippen molar-refractivity contribution in [3.8, 4) is 5.75 Å². The highest BCUT2D eigenvalue weighted by atomic mass is 16.5. The summed E-state index contributed by atoms with van der Waals surface area (Å²) in [4.78, 5) is 33.0. The van der Waals surface area contributed by atoms with Crippen LogP contribution in [-0.2, 0) is 20.8 Å². The third kappa shape index (κ3) is 4.97. The molecule has 0 aliphatic heterocycles. The van der Waals surface area contributed by atoms with Gasteiger partial charge in [0.25, 0.3) is 0 Å². The van der Waals surface area contributed by atoms with Gasteiger partial charge in [-0.2, -0.15) is 0 Å². The summed E-state index contributed by atoms with van der Waals surface area (Å²) in [5.74, 6) is -2.58. The van der Waals surface area contributed by atoms with E-state index in [1.807, 2.05) is 0 Å². The Morgan fingerprint density at radius 2 is 1.80 bits per heavy atom. The van der Waals surface area contributed by atoms with Gasteiger partial charge in [-0.15, -0.1) is 0 Å². The minimum absolute atomic E-state index is 0.0343. The van der Waals surface area contributed by atoms with Crippen molar-refractivity contribution in [1.82, 2.24) is 5.32 Å². The number of amides is 1. The lowest BCUT2D eigenvalue weighted by Crippen LogP contribution is -2.42. The monoisotopic (exact) mass is 281 g/mol. The Kier molecular flexibility index (Phi) is 5.52. The summed E-state index contributed by atoms with van der Waals surface area (Å²) in [6.07, 6.45) is -0.697. The van der Waals surface area contributed by atoms with E-state index in [0.717, 1.165) is 0 Å². The molecule has 1 amide bonds. The number of rotatable bonds is 7. The predicted octanol–water partition coefficient (Wildman–Crippen LogP) is 0.282. The zero-order chi connectivity index (χ0) is 15.1. The molecule has 7 nitrogen and oxygen atoms in total. The van der Waals surface area contributed by atoms with Crippen LogP contribution in [0.25, 0.3) is 0 Å². The third-order valence-electron chi connectivity index (χ3n) is 2.54. The quantitative estimate of drug-likeness (QED) is 0.661. The van der Waals surface area contributed by atoms with Crippen molar-refractivity contribution in [3.05, 3.63) is 29.8 Å². The SMILES string of the molecule is COc1ccc(CC(=O)N[C@@H](CC(=O)O)C(=O)O)cc1. The lowest BCUT2D eigenvalue weighted by atomic mass is 10.1. The summed E-state index contributed by atoms with van der Waals surface area (Å²) in [5.41, 5.74) is 0.669. The molecule has 0 aliphatic carbocycles. The van der Waals surface area contributed by atoms with Crippen molar-refractivity contribution in [3.63, 3.8) is 0 Å². The zero-order valence-corrected chi connectivity index (χ0v) is 10.8. The third-order valence-corrected chi connectivity index (χ3v) is 2.54. The van der Waals surface area contributed by atoms with Gasteiger partial charge in [-0.05, 0) is 17.7 Å². The fraction of sp³-hybridized carbons (Fsp3) is 0.308. The van der Waals surface area contributed by atoms with Gasteiger partial charge in [0.05, 0.1) is 20.0 Å². The van der Waals surface area contributed by atoms with Crippen LogP contribution in [0.15, 0.2) is 24.3 Å². The van der Waals surface area contributed by atoms with Crippen molar-refractivity contribution >= 4 is 17.8 Å². The Morgan fingerprint density at radius 1 is 1.20 bits per heavy atom. The van der Waals surface area contributed by atoms with E-state index < -0.39 is 30.3 Å². The Balaban J connectivity index is 2.60. The molecular formula is C13H15NO6. The maximum atomic E-state index is 11.7. The molecule has 0 aliphatic rings. The van der Waals surface area contributed by atoms with Crippen molar-refractivity contribution in [2.24, 2.45) is 0 Å². The van der Waals surface area contributed by atoms with E-state index in [9.17, 15) is 14.4 Å². The molecule has 1 aromatic carbocycles. The maximum absolute atomic E-state index is 11.7. The van der Waals surface area contributed by atoms with Gasteiger partial charge in [-0.25, -0.2) is 4.79 Å². The summed E-state index contributed by atoms with van der Waals surface area (Å²) in [5, 5.41) is 19.5. The highest BCUT2D eigenvalue weighted by Gasteiger charge is 2.22. The van der Waals surface area contributed by atoms with Gasteiger partial charge >= 0.3 is 11.9 Å². The second-order valence-corrected chi connectivity index (χ2v) is 4.08. The molecule has 0 radical (unpaired) electrons. The molecule has 0 saturated carbocycles. The van der Waals surface area contributed by atoms with Gasteiger partial charge in [0.1, 0.15) is 11.8 Å². The first-order valence-electron chi connectivity index (χ1n) is 5.79. The second-order valence-electron chi connectivity index (χ2n) is 4.08. The second kappa shape index (κ2) is 7.13. The number of aliphatic carboxylic acids is 2. The molecule has 20 heavy (non-hydrogen) atoms. The molecule has 0 saturated heterocycles. The molecule has 1 aromatic rings. The molecule has 7 heteroatoms. The van der Waals surface area contributed by atoms with Crippen LogP contribution in [-0.4, -0.2) is 41.2 Å². The van der Waals surface area contributed by atoms with Crippen LogP contribution in [0.1, 0.15) is 12.0 Å². The van der Waals surface area contributed by atoms with Crippen LogP contribution >= 0.6 is 0 Å². The zero-order valence-electron chi connectivity index (χ0n) is 10.8. The summed E-state index contributed by atoms with van der Waals surface area (Å²) in [6.45, 7) is 0. The number of hydrogen-bond acceptors (Lipinski definition) is 4. The largest absolute Gasteiger partial charge is 0.497 e. The van der Waals surface area contributed by atoms with Gasteiger partial charge in [0, 0.05) is 0 Å². The number of hydrogen-bond donors (Lipinski definition) is 3. The summed E-state index contributed by atoms with van der Waals surface area (Å²) in [7, 11) is 1.52. The summed E-state index contributed by atoms with van der Waals surface area (Å²) < 4.78 is 4.97. The molecule has 0 unspecified atom stereocenters. The van der Waals surface area contributed by atoms with Crippen molar-refractivity contribution in [1.29, 1.82) is 0 Å². The van der Waals surface area contributed by atoms with E-state index in [0.29, 0.717) is 11.3 Å². The first kappa shape index (κ1) is 15.5. The van der Waals surface area contributed by atoms with E-state index in [4.69, 9.17) is 14.9 Å². The van der Waals surface area contributed by atoms with Crippen LogP contribution in [0.4, 0.5) is 0 Å². The van der Waals surface area contributed by atoms with Gasteiger partial charge in [-0.1, -0.05) is 12.1 Å². The smallest absolute Gasteiger partial charge is 0.326 e. The molecule has 0 bridgehead atoms. The maximum Gasteiger partial charge on any atom is 0.326 e. The summed E-state index contributed by atoms with van der Waals surface area (Å²) >= 11 is 0. The predicted molar refractivity (Wildman–Crippen MR) is 68.5 cm³/mol. The van der Waals surface area contributed by atoms with Gasteiger partial charge in [0.2, 0.25) is 5.91 Å². The average molecular weight is 281 g/mol. The number of carboxylic acid groups (broad SMARTS) is 2. The molecule has 1 atom stereocenters. The molecule has 1 rings (SSSR count). The van der Waals surface area contributed by atoms with Crippen molar-refractivity contribution in [2.75, 3.05) is 7.11 Å². The molecule has 0 fully saturated rings. The number of carboxylic acids is 2. The standard InChI is InChI=1S/C13H15NO6/c1-20-9-4-2-8(3-5-9)6-11(15)14-10(13(18)19)7-12(16)17/h2-5,10H,6-7H2,1H3,(H,14,15)(H,16,17)(H,18,19)/t10-/m0/s1. The van der Waals surface area contributed by atoms with Gasteiger partial charge in [-0.3, -0.25) is 9.59 Å². The first-order chi connectivity index (χ1) is 9.42. The van der Waals surface area contributed by atoms with E-state index in [2.05, 4.69) is 5.32 Å². The number of carbonyl (C=O) groups excluding carboxylic acids is 1. The van der Waals surface area contributed by atoms with Crippen LogP contribution in [0.2, 0.25) is 0 Å². The van der Waals surface area contributed by atoms with Crippen LogP contribution in [0, 0.1) is 0 Å². The van der Waals surface area contributed by atoms with Crippen LogP contribution in [0.3, 0.4) is 0 Å². The lowest BCUT2D eigenvalue weighted by molar-refractivity contribution is -0.147. The van der Waals surface area contributed by atoms with E-state index in [-0.39, 0.29) is 6.42 Å². The minimum atomic E-state index is -1.43. The van der Waals surface area contributed by atoms with Gasteiger partial charge < -0.3 is 20.3 Å². The average Bonchev–Trinajstić information content (AvgIpc) is 2.38. The van der Waals surface area contributed by atoms with Crippen molar-refractivity contribution in [2.45, 2.75) is 18.9 Å². The number of nitrogens with one attached hydrogen (secondary N) is 1. The number of benzene rings is 1. The fourth-order valence-corrected chi connectivity index (χ4v) is 1.55.